The minimum absolute atomic E-state index is 0.123. The summed E-state index contributed by atoms with van der Waals surface area (Å²) in [7, 11) is 0. The number of nitrogens with zero attached hydrogens (tertiary/aromatic N) is 1. The number of hydrogen-bond donors (Lipinski definition) is 3. The molecule has 1 aliphatic heterocycles. The molecule has 1 aromatic heterocycles. The van der Waals surface area contributed by atoms with Gasteiger partial charge in [-0.15, -0.1) is 11.3 Å². The van der Waals surface area contributed by atoms with E-state index in [1.54, 1.807) is 0 Å². The number of carbonyl (C=O) groups is 2. The van der Waals surface area contributed by atoms with Crippen LogP contribution in [0.25, 0.3) is 10.4 Å². The maximum atomic E-state index is 12.8. The molecule has 1 aliphatic rings. The lowest BCUT2D eigenvalue weighted by Gasteiger charge is -2.32. The topological polar surface area (TPSA) is 87.5 Å². The molecule has 4 N–H and O–H groups in total. The molecule has 0 spiro atoms. The van der Waals surface area contributed by atoms with Crippen molar-refractivity contribution in [3.05, 3.63) is 42.0 Å². The molecule has 0 aliphatic carbocycles. The molecule has 0 saturated carbocycles. The Balaban J connectivity index is 1.81. The zero-order valence-electron chi connectivity index (χ0n) is 14.8. The van der Waals surface area contributed by atoms with Crippen molar-refractivity contribution in [3.63, 3.8) is 0 Å². The van der Waals surface area contributed by atoms with Crippen LogP contribution in [-0.2, 0) is 0 Å². The second kappa shape index (κ2) is 8.33. The van der Waals surface area contributed by atoms with E-state index in [9.17, 15) is 9.59 Å². The van der Waals surface area contributed by atoms with Gasteiger partial charge in [0.15, 0.2) is 0 Å². The van der Waals surface area contributed by atoms with Crippen LogP contribution in [0.15, 0.2) is 36.4 Å². The van der Waals surface area contributed by atoms with Crippen molar-refractivity contribution in [1.29, 1.82) is 0 Å². The van der Waals surface area contributed by atoms with Crippen molar-refractivity contribution in [3.8, 4) is 10.4 Å². The molecule has 7 heteroatoms. The summed E-state index contributed by atoms with van der Waals surface area (Å²) < 4.78 is 0. The summed E-state index contributed by atoms with van der Waals surface area (Å²) >= 11 is 1.35. The molecule has 1 saturated heterocycles. The molecule has 26 heavy (non-hydrogen) atoms. The first-order chi connectivity index (χ1) is 12.6. The number of nitrogens with one attached hydrogen (secondary N) is 2. The monoisotopic (exact) mass is 372 g/mol. The van der Waals surface area contributed by atoms with Gasteiger partial charge in [0.25, 0.3) is 5.91 Å². The number of hydrogen-bond acceptors (Lipinski definition) is 4. The third kappa shape index (κ3) is 4.42. The average molecular weight is 372 g/mol. The first-order valence-corrected chi connectivity index (χ1v) is 9.67. The molecule has 138 valence electrons. The van der Waals surface area contributed by atoms with E-state index in [0.717, 1.165) is 42.9 Å². The molecular formula is C19H24N4O2S. The molecule has 2 heterocycles. The van der Waals surface area contributed by atoms with E-state index in [1.807, 2.05) is 36.4 Å². The van der Waals surface area contributed by atoms with E-state index >= 15 is 0 Å². The van der Waals surface area contributed by atoms with Gasteiger partial charge in [0.05, 0.1) is 5.56 Å². The van der Waals surface area contributed by atoms with E-state index in [4.69, 9.17) is 5.73 Å². The molecular weight excluding hydrogens is 348 g/mol. The van der Waals surface area contributed by atoms with Gasteiger partial charge < -0.3 is 16.0 Å². The Hall–Kier alpha value is -2.38. The summed E-state index contributed by atoms with van der Waals surface area (Å²) in [6.45, 7) is 5.05. The third-order valence-electron chi connectivity index (χ3n) is 4.56. The van der Waals surface area contributed by atoms with Gasteiger partial charge in [-0.2, -0.15) is 0 Å². The summed E-state index contributed by atoms with van der Waals surface area (Å²) in [5.41, 5.74) is 6.74. The number of anilines is 1. The van der Waals surface area contributed by atoms with Gasteiger partial charge in [0.1, 0.15) is 5.00 Å². The van der Waals surface area contributed by atoms with Crippen molar-refractivity contribution < 1.29 is 9.59 Å². The highest BCUT2D eigenvalue weighted by Gasteiger charge is 2.24. The van der Waals surface area contributed by atoms with Crippen LogP contribution in [0.3, 0.4) is 0 Å². The third-order valence-corrected chi connectivity index (χ3v) is 5.66. The molecule has 3 rings (SSSR count). The van der Waals surface area contributed by atoms with E-state index in [-0.39, 0.29) is 11.9 Å². The number of amides is 3. The van der Waals surface area contributed by atoms with Crippen LogP contribution in [0, 0.1) is 0 Å². The number of likely N-dealkylation sites (tertiary alicyclic amines) is 1. The molecule has 3 amide bonds. The first-order valence-electron chi connectivity index (χ1n) is 8.85. The molecule has 2 aromatic rings. The zero-order valence-corrected chi connectivity index (χ0v) is 15.6. The number of urea groups is 1. The minimum Gasteiger partial charge on any atom is -0.351 e. The quantitative estimate of drug-likeness (QED) is 0.753. The Morgan fingerprint density at radius 2 is 2.08 bits per heavy atom. The number of carbonyl (C=O) groups excluding carboxylic acids is 2. The predicted octanol–water partition coefficient (Wildman–Crippen LogP) is 3.12. The largest absolute Gasteiger partial charge is 0.351 e. The number of primary amides is 1. The Bertz CT molecular complexity index is 775. The van der Waals surface area contributed by atoms with Gasteiger partial charge in [-0.25, -0.2) is 4.79 Å². The lowest BCUT2D eigenvalue weighted by Crippen LogP contribution is -2.47. The summed E-state index contributed by atoms with van der Waals surface area (Å²) in [5.74, 6) is -0.171. The Morgan fingerprint density at radius 1 is 1.31 bits per heavy atom. The van der Waals surface area contributed by atoms with Crippen LogP contribution in [0.4, 0.5) is 9.80 Å². The van der Waals surface area contributed by atoms with Gasteiger partial charge in [0.2, 0.25) is 0 Å². The predicted molar refractivity (Wildman–Crippen MR) is 106 cm³/mol. The standard InChI is InChI=1S/C19H24N4O2S/c1-2-23-10-6-9-14(12-23)21-17(24)15-11-16(13-7-4-3-5-8-13)26-18(15)22-19(20)25/h3-5,7-8,11,14H,2,6,9-10,12H2,1H3,(H,21,24)(H3,20,22,25). The number of likely N-dealkylation sites (N-methyl/N-ethyl adjacent to an activating group) is 1. The highest BCUT2D eigenvalue weighted by Crippen LogP contribution is 2.35. The van der Waals surface area contributed by atoms with Crippen molar-refractivity contribution in [2.45, 2.75) is 25.8 Å². The van der Waals surface area contributed by atoms with Crippen molar-refractivity contribution in [1.82, 2.24) is 10.2 Å². The maximum Gasteiger partial charge on any atom is 0.317 e. The molecule has 1 unspecified atom stereocenters. The van der Waals surface area contributed by atoms with Gasteiger partial charge in [-0.3, -0.25) is 10.1 Å². The average Bonchev–Trinajstić information content (AvgIpc) is 3.06. The smallest absolute Gasteiger partial charge is 0.317 e. The van der Waals surface area contributed by atoms with Crippen LogP contribution in [0.2, 0.25) is 0 Å². The molecule has 0 radical (unpaired) electrons. The Kier molecular flexibility index (Phi) is 5.90. The number of rotatable bonds is 5. The summed E-state index contributed by atoms with van der Waals surface area (Å²) in [6.07, 6.45) is 2.04. The second-order valence-electron chi connectivity index (χ2n) is 6.41. The van der Waals surface area contributed by atoms with E-state index in [0.29, 0.717) is 10.6 Å². The van der Waals surface area contributed by atoms with Crippen LogP contribution in [0.5, 0.6) is 0 Å². The van der Waals surface area contributed by atoms with E-state index < -0.39 is 6.03 Å². The number of thiophene rings is 1. The van der Waals surface area contributed by atoms with E-state index in [2.05, 4.69) is 22.5 Å². The number of benzene rings is 1. The van der Waals surface area contributed by atoms with Gasteiger partial charge >= 0.3 is 6.03 Å². The van der Waals surface area contributed by atoms with Crippen LogP contribution >= 0.6 is 11.3 Å². The van der Waals surface area contributed by atoms with Crippen molar-refractivity contribution >= 4 is 28.3 Å². The van der Waals surface area contributed by atoms with Crippen LogP contribution in [-0.4, -0.2) is 42.5 Å². The SMILES string of the molecule is CCN1CCCC(NC(=O)c2cc(-c3ccccc3)sc2NC(N)=O)C1. The minimum atomic E-state index is -0.671. The fraction of sp³-hybridized carbons (Fsp3) is 0.368. The molecule has 6 nitrogen and oxygen atoms in total. The van der Waals surface area contributed by atoms with Gasteiger partial charge in [0, 0.05) is 17.5 Å². The van der Waals surface area contributed by atoms with Crippen LogP contribution < -0.4 is 16.4 Å². The lowest BCUT2D eigenvalue weighted by atomic mass is 10.1. The van der Waals surface area contributed by atoms with Crippen molar-refractivity contribution in [2.75, 3.05) is 25.0 Å². The Labute approximate surface area is 157 Å². The second-order valence-corrected chi connectivity index (χ2v) is 7.47. The van der Waals surface area contributed by atoms with Crippen molar-refractivity contribution in [2.24, 2.45) is 5.73 Å². The van der Waals surface area contributed by atoms with Gasteiger partial charge in [-0.1, -0.05) is 37.3 Å². The highest BCUT2D eigenvalue weighted by atomic mass is 32.1. The summed E-state index contributed by atoms with van der Waals surface area (Å²) in [6, 6.07) is 11.0. The summed E-state index contributed by atoms with van der Waals surface area (Å²) in [5, 5.41) is 6.18. The fourth-order valence-corrected chi connectivity index (χ4v) is 4.30. The molecule has 1 atom stereocenters. The zero-order chi connectivity index (χ0) is 18.5. The fourth-order valence-electron chi connectivity index (χ4n) is 3.23. The highest BCUT2D eigenvalue weighted by molar-refractivity contribution is 7.20. The molecule has 1 fully saturated rings. The molecule has 0 bridgehead atoms. The number of nitrogens with two attached hydrogens (primary N) is 1. The Morgan fingerprint density at radius 3 is 2.77 bits per heavy atom. The normalized spacial score (nSPS) is 17.7. The molecule has 1 aromatic carbocycles. The number of piperidine rings is 1. The first kappa shape index (κ1) is 18.4. The van der Waals surface area contributed by atoms with Gasteiger partial charge in [-0.05, 0) is 37.6 Å². The van der Waals surface area contributed by atoms with Crippen LogP contribution in [0.1, 0.15) is 30.1 Å². The summed E-state index contributed by atoms with van der Waals surface area (Å²) in [4.78, 5) is 27.4. The van der Waals surface area contributed by atoms with E-state index in [1.165, 1.54) is 11.3 Å². The lowest BCUT2D eigenvalue weighted by molar-refractivity contribution is 0.0907. The maximum absolute atomic E-state index is 12.8.